The molecule has 0 radical (unpaired) electrons. The molecule has 2 aromatic rings. The van der Waals surface area contributed by atoms with Crippen LogP contribution < -0.4 is 10.6 Å². The van der Waals surface area contributed by atoms with E-state index < -0.39 is 17.6 Å². The molecular weight excluding hydrogens is 302 g/mol. The Bertz CT molecular complexity index is 663. The number of carbonyl (C=O) groups is 1. The molecule has 7 heteroatoms. The van der Waals surface area contributed by atoms with E-state index in [1.165, 1.54) is 24.3 Å². The minimum absolute atomic E-state index is 0.0785. The summed E-state index contributed by atoms with van der Waals surface area (Å²) in [4.78, 5) is 11.6. The third kappa shape index (κ3) is 4.06. The Morgan fingerprint density at radius 1 is 1.19 bits per heavy atom. The smallest absolute Gasteiger partial charge is 0.319 e. The number of aromatic hydroxyl groups is 1. The lowest BCUT2D eigenvalue weighted by atomic mass is 10.2. The number of carbonyl (C=O) groups excluding carboxylic acids is 1. The molecule has 0 aromatic heterocycles. The van der Waals surface area contributed by atoms with Crippen molar-refractivity contribution in [2.45, 2.75) is 6.54 Å². The van der Waals surface area contributed by atoms with Gasteiger partial charge in [-0.15, -0.1) is 0 Å². The molecule has 0 fully saturated rings. The molecule has 2 aromatic carbocycles. The minimum atomic E-state index is -0.811. The second-order valence-corrected chi connectivity index (χ2v) is 4.62. The molecule has 0 aliphatic heterocycles. The van der Waals surface area contributed by atoms with E-state index in [-0.39, 0.29) is 23.1 Å². The highest BCUT2D eigenvalue weighted by atomic mass is 35.5. The van der Waals surface area contributed by atoms with E-state index in [0.717, 1.165) is 12.1 Å². The molecular formula is C14H11ClF2N2O2. The molecule has 0 spiro atoms. The minimum Gasteiger partial charge on any atom is -0.506 e. The SMILES string of the molecule is O=C(NCc1ccc(F)cc1)Nc1cc(Cl)c(O)cc1F. The van der Waals surface area contributed by atoms with Gasteiger partial charge in [0.15, 0.2) is 5.82 Å². The zero-order chi connectivity index (χ0) is 15.4. The summed E-state index contributed by atoms with van der Waals surface area (Å²) in [5.41, 5.74) is 0.533. The second kappa shape index (κ2) is 6.41. The maximum Gasteiger partial charge on any atom is 0.319 e. The molecule has 0 aliphatic carbocycles. The van der Waals surface area contributed by atoms with Crippen molar-refractivity contribution >= 4 is 23.3 Å². The molecule has 0 atom stereocenters. The van der Waals surface area contributed by atoms with Crippen molar-refractivity contribution in [2.24, 2.45) is 0 Å². The van der Waals surface area contributed by atoms with E-state index in [1.54, 1.807) is 0 Å². The lowest BCUT2D eigenvalue weighted by Crippen LogP contribution is -2.28. The molecule has 0 aliphatic rings. The molecule has 4 nitrogen and oxygen atoms in total. The van der Waals surface area contributed by atoms with E-state index in [9.17, 15) is 18.7 Å². The first-order valence-electron chi connectivity index (χ1n) is 5.93. The maximum absolute atomic E-state index is 13.5. The van der Waals surface area contributed by atoms with Crippen LogP contribution in [0, 0.1) is 11.6 Å². The summed E-state index contributed by atoms with van der Waals surface area (Å²) in [5.74, 6) is -1.59. The lowest BCUT2D eigenvalue weighted by Gasteiger charge is -2.09. The Labute approximate surface area is 124 Å². The van der Waals surface area contributed by atoms with Gasteiger partial charge in [0.2, 0.25) is 0 Å². The van der Waals surface area contributed by atoms with Gasteiger partial charge >= 0.3 is 6.03 Å². The fourth-order valence-corrected chi connectivity index (χ4v) is 1.75. The van der Waals surface area contributed by atoms with Gasteiger partial charge in [-0.1, -0.05) is 23.7 Å². The number of phenols is 1. The van der Waals surface area contributed by atoms with Gasteiger partial charge in [-0.05, 0) is 23.8 Å². The van der Waals surface area contributed by atoms with Gasteiger partial charge in [-0.25, -0.2) is 13.6 Å². The van der Waals surface area contributed by atoms with Crippen LogP contribution in [-0.2, 0) is 6.54 Å². The van der Waals surface area contributed by atoms with E-state index in [1.807, 2.05) is 0 Å². The summed E-state index contributed by atoms with van der Waals surface area (Å²) in [7, 11) is 0. The van der Waals surface area contributed by atoms with Crippen LogP contribution in [0.15, 0.2) is 36.4 Å². The molecule has 0 unspecified atom stereocenters. The average molecular weight is 313 g/mol. The number of hydrogen-bond donors (Lipinski definition) is 3. The van der Waals surface area contributed by atoms with Gasteiger partial charge in [0.25, 0.3) is 0 Å². The van der Waals surface area contributed by atoms with Gasteiger partial charge in [-0.3, -0.25) is 0 Å². The third-order valence-electron chi connectivity index (χ3n) is 2.65. The van der Waals surface area contributed by atoms with Crippen LogP contribution in [0.1, 0.15) is 5.56 Å². The summed E-state index contributed by atoms with van der Waals surface area (Å²) in [6, 6.07) is 6.84. The molecule has 2 amide bonds. The van der Waals surface area contributed by atoms with Crippen LogP contribution in [-0.4, -0.2) is 11.1 Å². The van der Waals surface area contributed by atoms with Gasteiger partial charge in [0.05, 0.1) is 10.7 Å². The fourth-order valence-electron chi connectivity index (χ4n) is 1.58. The highest BCUT2D eigenvalue weighted by Gasteiger charge is 2.10. The van der Waals surface area contributed by atoms with Crippen LogP contribution in [0.2, 0.25) is 5.02 Å². The Morgan fingerprint density at radius 3 is 2.52 bits per heavy atom. The topological polar surface area (TPSA) is 61.4 Å². The molecule has 0 bridgehead atoms. The molecule has 3 N–H and O–H groups in total. The third-order valence-corrected chi connectivity index (χ3v) is 2.95. The van der Waals surface area contributed by atoms with E-state index in [4.69, 9.17) is 11.6 Å². The summed E-state index contributed by atoms with van der Waals surface area (Å²) in [6.45, 7) is 0.152. The van der Waals surface area contributed by atoms with Crippen molar-refractivity contribution in [3.8, 4) is 5.75 Å². The van der Waals surface area contributed by atoms with Gasteiger partial charge in [-0.2, -0.15) is 0 Å². The van der Waals surface area contributed by atoms with Crippen molar-refractivity contribution in [3.63, 3.8) is 0 Å². The normalized spacial score (nSPS) is 10.2. The van der Waals surface area contributed by atoms with Crippen molar-refractivity contribution in [2.75, 3.05) is 5.32 Å². The summed E-state index contributed by atoms with van der Waals surface area (Å²) < 4.78 is 26.2. The van der Waals surface area contributed by atoms with Crippen LogP contribution in [0.5, 0.6) is 5.75 Å². The summed E-state index contributed by atoms with van der Waals surface area (Å²) >= 11 is 5.63. The van der Waals surface area contributed by atoms with Crippen LogP contribution in [0.4, 0.5) is 19.3 Å². The molecule has 2 rings (SSSR count). The molecule has 0 heterocycles. The molecule has 21 heavy (non-hydrogen) atoms. The number of halogens is 3. The average Bonchev–Trinajstić information content (AvgIpc) is 2.44. The number of benzene rings is 2. The molecule has 0 saturated carbocycles. The van der Waals surface area contributed by atoms with Crippen LogP contribution in [0.25, 0.3) is 0 Å². The number of amides is 2. The fraction of sp³-hybridized carbons (Fsp3) is 0.0714. The van der Waals surface area contributed by atoms with Gasteiger partial charge in [0.1, 0.15) is 11.6 Å². The highest BCUT2D eigenvalue weighted by molar-refractivity contribution is 6.32. The summed E-state index contributed by atoms with van der Waals surface area (Å²) in [6.07, 6.45) is 0. The maximum atomic E-state index is 13.5. The predicted octanol–water partition coefficient (Wildman–Crippen LogP) is 3.65. The largest absolute Gasteiger partial charge is 0.506 e. The van der Waals surface area contributed by atoms with Crippen molar-refractivity contribution in [1.29, 1.82) is 0 Å². The number of rotatable bonds is 3. The lowest BCUT2D eigenvalue weighted by molar-refractivity contribution is 0.251. The first-order chi connectivity index (χ1) is 9.95. The molecule has 110 valence electrons. The Morgan fingerprint density at radius 2 is 1.86 bits per heavy atom. The standard InChI is InChI=1S/C14H11ClF2N2O2/c15-10-5-12(11(17)6-13(10)20)19-14(21)18-7-8-1-3-9(16)4-2-8/h1-6,20H,7H2,(H2,18,19,21). The number of urea groups is 1. The van der Waals surface area contributed by atoms with E-state index in [2.05, 4.69) is 10.6 Å². The quantitative estimate of drug-likeness (QED) is 0.758. The second-order valence-electron chi connectivity index (χ2n) is 4.22. The highest BCUT2D eigenvalue weighted by Crippen LogP contribution is 2.28. The van der Waals surface area contributed by atoms with E-state index >= 15 is 0 Å². The number of nitrogens with one attached hydrogen (secondary N) is 2. The van der Waals surface area contributed by atoms with Crippen LogP contribution in [0.3, 0.4) is 0 Å². The Balaban J connectivity index is 1.96. The number of anilines is 1. The molecule has 0 saturated heterocycles. The zero-order valence-corrected chi connectivity index (χ0v) is 11.4. The van der Waals surface area contributed by atoms with Crippen molar-refractivity contribution < 1.29 is 18.7 Å². The monoisotopic (exact) mass is 312 g/mol. The Hall–Kier alpha value is -2.34. The predicted molar refractivity (Wildman–Crippen MR) is 75.3 cm³/mol. The van der Waals surface area contributed by atoms with Gasteiger partial charge < -0.3 is 15.7 Å². The first kappa shape index (κ1) is 15.1. The Kier molecular flexibility index (Phi) is 4.59. The zero-order valence-electron chi connectivity index (χ0n) is 10.7. The van der Waals surface area contributed by atoms with Gasteiger partial charge in [0, 0.05) is 12.6 Å². The van der Waals surface area contributed by atoms with E-state index in [0.29, 0.717) is 5.56 Å². The van der Waals surface area contributed by atoms with Crippen molar-refractivity contribution in [3.05, 3.63) is 58.6 Å². The van der Waals surface area contributed by atoms with Crippen molar-refractivity contribution in [1.82, 2.24) is 5.32 Å². The number of hydrogen-bond acceptors (Lipinski definition) is 2. The first-order valence-corrected chi connectivity index (χ1v) is 6.31. The number of phenolic OH excluding ortho intramolecular Hbond substituents is 1. The van der Waals surface area contributed by atoms with Crippen LogP contribution >= 0.6 is 11.6 Å². The summed E-state index contributed by atoms with van der Waals surface area (Å²) in [5, 5.41) is 13.9.